The van der Waals surface area contributed by atoms with Crippen molar-refractivity contribution in [3.63, 3.8) is 0 Å². The summed E-state index contributed by atoms with van der Waals surface area (Å²) in [6.45, 7) is 7.12. The van der Waals surface area contributed by atoms with E-state index >= 15 is 0 Å². The van der Waals surface area contributed by atoms with E-state index < -0.39 is 0 Å². The molecule has 0 bridgehead atoms. The SMILES string of the molecule is CC(C)COc1cn(-c2ccccc2)nc1C(=O)N1CCOC(CN(C)C)C1. The van der Waals surface area contributed by atoms with Crippen molar-refractivity contribution < 1.29 is 14.3 Å². The molecule has 2 aromatic rings. The molecule has 28 heavy (non-hydrogen) atoms. The fourth-order valence-corrected chi connectivity index (χ4v) is 3.15. The Morgan fingerprint density at radius 2 is 2.07 bits per heavy atom. The van der Waals surface area contributed by atoms with Gasteiger partial charge in [-0.25, -0.2) is 4.68 Å². The molecule has 1 unspecified atom stereocenters. The highest BCUT2D eigenvalue weighted by Gasteiger charge is 2.29. The number of rotatable bonds is 7. The van der Waals surface area contributed by atoms with Gasteiger partial charge in [0.1, 0.15) is 0 Å². The van der Waals surface area contributed by atoms with Crippen molar-refractivity contribution >= 4 is 5.91 Å². The first-order valence-corrected chi connectivity index (χ1v) is 9.77. The molecule has 1 aliphatic rings. The van der Waals surface area contributed by atoms with Gasteiger partial charge in [-0.2, -0.15) is 5.10 Å². The Kier molecular flexibility index (Phi) is 6.70. The molecule has 1 atom stereocenters. The van der Waals surface area contributed by atoms with Gasteiger partial charge in [0.25, 0.3) is 5.91 Å². The van der Waals surface area contributed by atoms with Crippen molar-refractivity contribution in [1.82, 2.24) is 19.6 Å². The minimum Gasteiger partial charge on any atom is -0.489 e. The zero-order chi connectivity index (χ0) is 20.1. The smallest absolute Gasteiger partial charge is 0.278 e. The predicted molar refractivity (Wildman–Crippen MR) is 108 cm³/mol. The molecule has 1 saturated heterocycles. The Hall–Kier alpha value is -2.38. The summed E-state index contributed by atoms with van der Waals surface area (Å²) in [6.07, 6.45) is 1.80. The van der Waals surface area contributed by atoms with E-state index in [0.29, 0.717) is 43.7 Å². The van der Waals surface area contributed by atoms with Gasteiger partial charge in [0.15, 0.2) is 11.4 Å². The van der Waals surface area contributed by atoms with Gasteiger partial charge < -0.3 is 19.3 Å². The normalized spacial score (nSPS) is 17.4. The topological polar surface area (TPSA) is 59.8 Å². The zero-order valence-corrected chi connectivity index (χ0v) is 17.2. The lowest BCUT2D eigenvalue weighted by atomic mass is 10.2. The lowest BCUT2D eigenvalue weighted by Gasteiger charge is -2.33. The second-order valence-electron chi connectivity index (χ2n) is 7.83. The number of nitrogens with zero attached hydrogens (tertiary/aromatic N) is 4. The summed E-state index contributed by atoms with van der Waals surface area (Å²) in [6, 6.07) is 9.75. The van der Waals surface area contributed by atoms with E-state index in [2.05, 4.69) is 23.8 Å². The first-order valence-electron chi connectivity index (χ1n) is 9.77. The molecule has 0 aliphatic carbocycles. The number of morpholine rings is 1. The molecule has 7 heteroatoms. The highest BCUT2D eigenvalue weighted by atomic mass is 16.5. The van der Waals surface area contributed by atoms with Crippen LogP contribution in [-0.4, -0.2) is 78.5 Å². The van der Waals surface area contributed by atoms with E-state index in [4.69, 9.17) is 9.47 Å². The monoisotopic (exact) mass is 386 g/mol. The third-order valence-electron chi connectivity index (χ3n) is 4.47. The number of aromatic nitrogens is 2. The Bertz CT molecular complexity index is 773. The third kappa shape index (κ3) is 5.11. The number of benzene rings is 1. The maximum Gasteiger partial charge on any atom is 0.278 e. The molecular formula is C21H30N4O3. The van der Waals surface area contributed by atoms with Crippen LogP contribution in [0.4, 0.5) is 0 Å². The van der Waals surface area contributed by atoms with Gasteiger partial charge in [-0.1, -0.05) is 32.0 Å². The average molecular weight is 386 g/mol. The third-order valence-corrected chi connectivity index (χ3v) is 4.47. The van der Waals surface area contributed by atoms with E-state index in [0.717, 1.165) is 12.2 Å². The molecule has 0 spiro atoms. The van der Waals surface area contributed by atoms with Crippen molar-refractivity contribution in [3.05, 3.63) is 42.2 Å². The van der Waals surface area contributed by atoms with Crippen LogP contribution in [0.15, 0.2) is 36.5 Å². The molecule has 0 saturated carbocycles. The molecule has 1 aliphatic heterocycles. The molecule has 0 N–H and O–H groups in total. The van der Waals surface area contributed by atoms with Crippen molar-refractivity contribution in [2.24, 2.45) is 5.92 Å². The Labute approximate surface area is 166 Å². The number of hydrogen-bond donors (Lipinski definition) is 0. The Morgan fingerprint density at radius 1 is 1.32 bits per heavy atom. The Morgan fingerprint density at radius 3 is 2.75 bits per heavy atom. The first-order chi connectivity index (χ1) is 13.4. The van der Waals surface area contributed by atoms with Crippen molar-refractivity contribution in [2.45, 2.75) is 20.0 Å². The summed E-state index contributed by atoms with van der Waals surface area (Å²) in [5.74, 6) is 0.773. The number of carbonyl (C=O) groups is 1. The van der Waals surface area contributed by atoms with E-state index in [1.807, 2.05) is 49.3 Å². The van der Waals surface area contributed by atoms with Crippen LogP contribution in [0.3, 0.4) is 0 Å². The van der Waals surface area contributed by atoms with Crippen molar-refractivity contribution in [2.75, 3.05) is 46.9 Å². The van der Waals surface area contributed by atoms with Gasteiger partial charge in [0.05, 0.1) is 31.2 Å². The molecule has 152 valence electrons. The van der Waals surface area contributed by atoms with E-state index in [1.54, 1.807) is 10.9 Å². The first kappa shape index (κ1) is 20.4. The molecule has 3 rings (SSSR count). The number of para-hydroxylation sites is 1. The van der Waals surface area contributed by atoms with Crippen LogP contribution in [0.1, 0.15) is 24.3 Å². The summed E-state index contributed by atoms with van der Waals surface area (Å²) >= 11 is 0. The number of ether oxygens (including phenoxy) is 2. The minimum absolute atomic E-state index is 0.00365. The highest BCUT2D eigenvalue weighted by molar-refractivity contribution is 5.95. The molecule has 1 aromatic carbocycles. The van der Waals surface area contributed by atoms with Gasteiger partial charge in [-0.3, -0.25) is 4.79 Å². The van der Waals surface area contributed by atoms with Crippen molar-refractivity contribution in [3.8, 4) is 11.4 Å². The van der Waals surface area contributed by atoms with Gasteiger partial charge in [-0.05, 0) is 32.1 Å². The zero-order valence-electron chi connectivity index (χ0n) is 17.2. The fourth-order valence-electron chi connectivity index (χ4n) is 3.15. The largest absolute Gasteiger partial charge is 0.489 e. The number of likely N-dealkylation sites (N-methyl/N-ethyl adjacent to an activating group) is 1. The van der Waals surface area contributed by atoms with Gasteiger partial charge in [-0.15, -0.1) is 0 Å². The molecule has 1 amide bonds. The minimum atomic E-state index is -0.111. The van der Waals surface area contributed by atoms with E-state index in [-0.39, 0.29) is 12.0 Å². The van der Waals surface area contributed by atoms with Crippen LogP contribution in [0.25, 0.3) is 5.69 Å². The quantitative estimate of drug-likeness (QED) is 0.731. The van der Waals surface area contributed by atoms with Gasteiger partial charge >= 0.3 is 0 Å². The molecule has 1 fully saturated rings. The second kappa shape index (κ2) is 9.21. The molecule has 1 aromatic heterocycles. The lowest BCUT2D eigenvalue weighted by Crippen LogP contribution is -2.48. The van der Waals surface area contributed by atoms with Crippen LogP contribution in [0.5, 0.6) is 5.75 Å². The molecule has 0 radical (unpaired) electrons. The van der Waals surface area contributed by atoms with Crippen molar-refractivity contribution in [1.29, 1.82) is 0 Å². The van der Waals surface area contributed by atoms with E-state index in [9.17, 15) is 4.79 Å². The van der Waals surface area contributed by atoms with Gasteiger partial charge in [0.2, 0.25) is 0 Å². The standard InChI is InChI=1S/C21H30N4O3/c1-16(2)15-28-19-14-25(17-8-6-5-7-9-17)22-20(19)21(26)24-10-11-27-18(13-24)12-23(3)4/h5-9,14,16,18H,10-13,15H2,1-4H3. The maximum absolute atomic E-state index is 13.2. The number of hydrogen-bond acceptors (Lipinski definition) is 5. The van der Waals surface area contributed by atoms with Gasteiger partial charge in [0, 0.05) is 19.6 Å². The fraction of sp³-hybridized carbons (Fsp3) is 0.524. The van der Waals surface area contributed by atoms with Crippen LogP contribution in [0.2, 0.25) is 0 Å². The molecule has 2 heterocycles. The highest BCUT2D eigenvalue weighted by Crippen LogP contribution is 2.23. The summed E-state index contributed by atoms with van der Waals surface area (Å²) in [4.78, 5) is 17.1. The van der Waals surface area contributed by atoms with Crippen LogP contribution < -0.4 is 4.74 Å². The molecule has 7 nitrogen and oxygen atoms in total. The Balaban J connectivity index is 1.83. The van der Waals surface area contributed by atoms with E-state index in [1.165, 1.54) is 0 Å². The number of amides is 1. The summed E-state index contributed by atoms with van der Waals surface area (Å²) in [7, 11) is 4.01. The summed E-state index contributed by atoms with van der Waals surface area (Å²) in [5.41, 5.74) is 1.25. The van der Waals surface area contributed by atoms with Crippen LogP contribution in [-0.2, 0) is 4.74 Å². The maximum atomic E-state index is 13.2. The second-order valence-corrected chi connectivity index (χ2v) is 7.83. The predicted octanol–water partition coefficient (Wildman–Crippen LogP) is 2.31. The molecular weight excluding hydrogens is 356 g/mol. The summed E-state index contributed by atoms with van der Waals surface area (Å²) < 4.78 is 13.4. The number of carbonyl (C=O) groups excluding carboxylic acids is 1. The average Bonchev–Trinajstić information content (AvgIpc) is 3.10. The van der Waals surface area contributed by atoms with Crippen LogP contribution >= 0.6 is 0 Å². The lowest BCUT2D eigenvalue weighted by molar-refractivity contribution is -0.0309. The van der Waals surface area contributed by atoms with Crippen LogP contribution in [0, 0.1) is 5.92 Å². The summed E-state index contributed by atoms with van der Waals surface area (Å²) in [5, 5.41) is 4.57.